The van der Waals surface area contributed by atoms with Gasteiger partial charge in [-0.25, -0.2) is 0 Å². The van der Waals surface area contributed by atoms with Crippen LogP contribution in [0.4, 0.5) is 0 Å². The van der Waals surface area contributed by atoms with Gasteiger partial charge in [0, 0.05) is 10.8 Å². The Morgan fingerprint density at radius 1 is 0.708 bits per heavy atom. The zero-order valence-electron chi connectivity index (χ0n) is 18.2. The highest BCUT2D eigenvalue weighted by atomic mass is 28.3. The third-order valence-electron chi connectivity index (χ3n) is 2.87. The van der Waals surface area contributed by atoms with Crippen molar-refractivity contribution >= 4 is 32.3 Å². The molecule has 0 N–H and O–H groups in total. The highest BCUT2D eigenvalue weighted by Crippen LogP contribution is 2.23. The Kier molecular flexibility index (Phi) is 8.05. The molecule has 0 fully saturated rings. The molecule has 0 saturated heterocycles. The molecule has 24 heavy (non-hydrogen) atoms. The van der Waals surface area contributed by atoms with Crippen molar-refractivity contribution in [1.82, 2.24) is 0 Å². The third kappa shape index (κ3) is 11.9. The first-order valence-electron chi connectivity index (χ1n) is 8.90. The maximum atomic E-state index is 3.58. The van der Waals surface area contributed by atoms with Crippen LogP contribution < -0.4 is 0 Å². The fourth-order valence-electron chi connectivity index (χ4n) is 1.84. The highest BCUT2D eigenvalue weighted by Gasteiger charge is 2.24. The molecular weight excluding hydrogens is 353 g/mol. The Morgan fingerprint density at radius 3 is 1.54 bits per heavy atom. The summed E-state index contributed by atoms with van der Waals surface area (Å²) in [5.74, 6) is 3.57. The molecule has 0 aromatic carbocycles. The zero-order chi connectivity index (χ0) is 19.4. The van der Waals surface area contributed by atoms with E-state index in [0.29, 0.717) is 0 Å². The van der Waals surface area contributed by atoms with Crippen molar-refractivity contribution in [3.05, 3.63) is 33.6 Å². The van der Waals surface area contributed by atoms with E-state index in [4.69, 9.17) is 0 Å². The largest absolute Gasteiger partial charge is 0.129 e. The van der Waals surface area contributed by atoms with Crippen LogP contribution in [0, 0.1) is 11.5 Å². The fraction of sp³-hybridized carbons (Fsp3) is 0.600. The second-order valence-electron chi connectivity index (χ2n) is 10.8. The first kappa shape index (κ1) is 23.5. The van der Waals surface area contributed by atoms with Crippen molar-refractivity contribution in [2.45, 2.75) is 78.6 Å². The summed E-state index contributed by atoms with van der Waals surface area (Å²) in [7, 11) is -5.53. The maximum absolute atomic E-state index is 3.58. The second kappa shape index (κ2) is 8.23. The second-order valence-corrected chi connectivity index (χ2v) is 30.6. The molecule has 0 rings (SSSR count). The topological polar surface area (TPSA) is 0 Å². The Morgan fingerprint density at radius 2 is 1.21 bits per heavy atom. The van der Waals surface area contributed by atoms with Gasteiger partial charge >= 0.3 is 0 Å². The minimum absolute atomic E-state index is 1.24. The van der Waals surface area contributed by atoms with E-state index in [2.05, 4.69) is 113 Å². The lowest BCUT2D eigenvalue weighted by molar-refractivity contribution is 1.58. The number of allylic oxidation sites excluding steroid dienone is 2. The van der Waals surface area contributed by atoms with Crippen molar-refractivity contribution in [2.24, 2.45) is 0 Å². The van der Waals surface area contributed by atoms with Crippen molar-refractivity contribution in [3.8, 4) is 11.5 Å². The van der Waals surface area contributed by atoms with Crippen LogP contribution in [0.3, 0.4) is 0 Å². The lowest BCUT2D eigenvalue weighted by Gasteiger charge is -2.21. The molecule has 0 radical (unpaired) electrons. The van der Waals surface area contributed by atoms with Gasteiger partial charge in [-0.3, -0.25) is 0 Å². The summed E-state index contributed by atoms with van der Waals surface area (Å²) in [6.07, 6.45) is 0. The van der Waals surface area contributed by atoms with Gasteiger partial charge in [-0.1, -0.05) is 102 Å². The van der Waals surface area contributed by atoms with Crippen LogP contribution in [0.25, 0.3) is 0 Å². The molecule has 0 nitrogen and oxygen atoms in total. The third-order valence-corrected chi connectivity index (χ3v) is 7.81. The number of hydrogen-bond acceptors (Lipinski definition) is 0. The Hall–Kier alpha value is -0.532. The number of hydrogen-bond donors (Lipinski definition) is 0. The van der Waals surface area contributed by atoms with E-state index in [1.54, 1.807) is 0 Å². The fourth-order valence-corrected chi connectivity index (χ4v) is 5.47. The standard InChI is InChI=1S/C20H38Si4/c1-21(2,3)16-13-14-20(24(10,11)12)19(18-23(7,8)9)15-17-22(4,5)6/h16,18H,1-12H3. The Balaban J connectivity index is 6.55. The van der Waals surface area contributed by atoms with Gasteiger partial charge in [0.2, 0.25) is 0 Å². The predicted molar refractivity (Wildman–Crippen MR) is 124 cm³/mol. The summed E-state index contributed by atoms with van der Waals surface area (Å²) >= 11 is 0. The minimum Gasteiger partial charge on any atom is -0.127 e. The van der Waals surface area contributed by atoms with E-state index in [1.807, 2.05) is 0 Å². The maximum Gasteiger partial charge on any atom is 0.129 e. The molecule has 0 aromatic rings. The molecule has 0 spiro atoms. The molecule has 0 amide bonds. The van der Waals surface area contributed by atoms with Crippen LogP contribution in [0.1, 0.15) is 0 Å². The van der Waals surface area contributed by atoms with Gasteiger partial charge in [-0.05, 0) is 5.70 Å². The normalized spacial score (nSPS) is 13.4. The van der Waals surface area contributed by atoms with Gasteiger partial charge in [-0.2, -0.15) is 0 Å². The highest BCUT2D eigenvalue weighted by molar-refractivity contribution is 6.86. The molecule has 0 bridgehead atoms. The van der Waals surface area contributed by atoms with Crippen molar-refractivity contribution in [1.29, 1.82) is 0 Å². The van der Waals surface area contributed by atoms with Crippen molar-refractivity contribution in [2.75, 3.05) is 0 Å². The minimum atomic E-state index is -1.54. The van der Waals surface area contributed by atoms with Crippen LogP contribution >= 0.6 is 0 Å². The van der Waals surface area contributed by atoms with E-state index in [-0.39, 0.29) is 0 Å². The van der Waals surface area contributed by atoms with E-state index in [9.17, 15) is 0 Å². The molecule has 0 heterocycles. The lowest BCUT2D eigenvalue weighted by Crippen LogP contribution is -2.27. The first-order valence-corrected chi connectivity index (χ1v) is 23.1. The van der Waals surface area contributed by atoms with Crippen molar-refractivity contribution in [3.63, 3.8) is 0 Å². The molecule has 0 aliphatic rings. The Labute approximate surface area is 155 Å². The van der Waals surface area contributed by atoms with Gasteiger partial charge in [0.25, 0.3) is 0 Å². The predicted octanol–water partition coefficient (Wildman–Crippen LogP) is 6.66. The molecule has 0 atom stereocenters. The average molecular weight is 391 g/mol. The monoisotopic (exact) mass is 390 g/mol. The van der Waals surface area contributed by atoms with Gasteiger partial charge in [0.1, 0.15) is 8.07 Å². The average Bonchev–Trinajstić information content (AvgIpc) is 2.25. The lowest BCUT2D eigenvalue weighted by atomic mass is 10.3. The summed E-state index contributed by atoms with van der Waals surface area (Å²) in [6.45, 7) is 28.2. The first-order chi connectivity index (χ1) is 10.4. The van der Waals surface area contributed by atoms with Gasteiger partial charge < -0.3 is 0 Å². The molecule has 0 unspecified atom stereocenters. The van der Waals surface area contributed by atoms with Gasteiger partial charge in [0.15, 0.2) is 0 Å². The molecule has 4 heteroatoms. The van der Waals surface area contributed by atoms with Crippen LogP contribution in [-0.2, 0) is 0 Å². The van der Waals surface area contributed by atoms with Gasteiger partial charge in [-0.15, -0.1) is 5.54 Å². The Bertz CT molecular complexity index is 629. The SMILES string of the molecule is C[Si](C)(C)C#CC(=C[Si](C)(C)C)C(=C=C=C[Si](C)(C)C)[Si](C)(C)C. The van der Waals surface area contributed by atoms with Crippen LogP contribution in [0.15, 0.2) is 33.6 Å². The number of rotatable bonds is 4. The summed E-state index contributed by atoms with van der Waals surface area (Å²) in [4.78, 5) is 0. The smallest absolute Gasteiger partial charge is 0.127 e. The molecule has 0 aliphatic heterocycles. The van der Waals surface area contributed by atoms with E-state index >= 15 is 0 Å². The van der Waals surface area contributed by atoms with E-state index < -0.39 is 32.3 Å². The molecule has 0 saturated carbocycles. The molecule has 0 aliphatic carbocycles. The van der Waals surface area contributed by atoms with Crippen LogP contribution in [0.2, 0.25) is 78.6 Å². The van der Waals surface area contributed by atoms with E-state index in [0.717, 1.165) is 0 Å². The quantitative estimate of drug-likeness (QED) is 0.218. The van der Waals surface area contributed by atoms with Crippen molar-refractivity contribution < 1.29 is 0 Å². The summed E-state index contributed by atoms with van der Waals surface area (Å²) in [5.41, 5.74) is 16.5. The summed E-state index contributed by atoms with van der Waals surface area (Å²) < 4.78 is 0. The molecular formula is C20H38Si4. The van der Waals surface area contributed by atoms with Crippen LogP contribution in [-0.4, -0.2) is 32.3 Å². The summed E-state index contributed by atoms with van der Waals surface area (Å²) in [6, 6.07) is 0. The van der Waals surface area contributed by atoms with E-state index in [1.165, 1.54) is 10.8 Å². The van der Waals surface area contributed by atoms with Crippen LogP contribution in [0.5, 0.6) is 0 Å². The zero-order valence-corrected chi connectivity index (χ0v) is 22.2. The molecule has 0 aromatic heterocycles. The summed E-state index contributed by atoms with van der Waals surface area (Å²) in [5, 5.41) is 1.34. The molecule has 134 valence electrons. The van der Waals surface area contributed by atoms with Gasteiger partial charge in [0.05, 0.1) is 24.2 Å².